The SMILES string of the molecule is COc1ccc(C(C)(C)C(=O)N2CC(C(=O)O)O[C@H](C)C2)cc1. The first-order valence-corrected chi connectivity index (χ1v) is 7.58. The number of rotatable bonds is 4. The van der Waals surface area contributed by atoms with Gasteiger partial charge in [-0.25, -0.2) is 4.79 Å². The van der Waals surface area contributed by atoms with Crippen LogP contribution in [0.5, 0.6) is 5.75 Å². The molecule has 0 aromatic heterocycles. The molecule has 1 aliphatic rings. The maximum Gasteiger partial charge on any atom is 0.334 e. The van der Waals surface area contributed by atoms with E-state index in [9.17, 15) is 9.59 Å². The third kappa shape index (κ3) is 3.64. The number of hydrogen-bond acceptors (Lipinski definition) is 4. The molecule has 1 N–H and O–H groups in total. The van der Waals surface area contributed by atoms with E-state index < -0.39 is 17.5 Å². The van der Waals surface area contributed by atoms with Gasteiger partial charge in [-0.3, -0.25) is 4.79 Å². The topological polar surface area (TPSA) is 76.1 Å². The molecule has 1 aliphatic heterocycles. The van der Waals surface area contributed by atoms with Crippen molar-refractivity contribution in [2.45, 2.75) is 38.4 Å². The van der Waals surface area contributed by atoms with Crippen LogP contribution in [0.25, 0.3) is 0 Å². The van der Waals surface area contributed by atoms with Crippen molar-refractivity contribution in [1.29, 1.82) is 0 Å². The van der Waals surface area contributed by atoms with E-state index in [4.69, 9.17) is 14.6 Å². The van der Waals surface area contributed by atoms with Crippen molar-refractivity contribution in [3.05, 3.63) is 29.8 Å². The number of ether oxygens (including phenoxy) is 2. The van der Waals surface area contributed by atoms with Crippen LogP contribution in [0.2, 0.25) is 0 Å². The Morgan fingerprint density at radius 2 is 1.87 bits per heavy atom. The third-order valence-electron chi connectivity index (χ3n) is 4.17. The molecule has 1 aromatic carbocycles. The highest BCUT2D eigenvalue weighted by Crippen LogP contribution is 2.28. The Bertz CT molecular complexity index is 581. The van der Waals surface area contributed by atoms with E-state index in [0.29, 0.717) is 6.54 Å². The van der Waals surface area contributed by atoms with Crippen LogP contribution in [0.3, 0.4) is 0 Å². The highest BCUT2D eigenvalue weighted by Gasteiger charge is 2.39. The van der Waals surface area contributed by atoms with Crippen molar-refractivity contribution in [2.75, 3.05) is 20.2 Å². The third-order valence-corrected chi connectivity index (χ3v) is 4.17. The fourth-order valence-corrected chi connectivity index (χ4v) is 2.78. The molecular formula is C17H23NO5. The number of carbonyl (C=O) groups excluding carboxylic acids is 1. The normalized spacial score (nSPS) is 21.8. The highest BCUT2D eigenvalue weighted by molar-refractivity contribution is 5.88. The van der Waals surface area contributed by atoms with Crippen LogP contribution in [-0.2, 0) is 19.7 Å². The molecule has 1 amide bonds. The number of hydrogen-bond donors (Lipinski definition) is 1. The summed E-state index contributed by atoms with van der Waals surface area (Å²) in [6.07, 6.45) is -1.28. The van der Waals surface area contributed by atoms with Crippen molar-refractivity contribution < 1.29 is 24.2 Å². The summed E-state index contributed by atoms with van der Waals surface area (Å²) in [6.45, 7) is 5.91. The van der Waals surface area contributed by atoms with Gasteiger partial charge in [0.05, 0.1) is 25.2 Å². The van der Waals surface area contributed by atoms with E-state index >= 15 is 0 Å². The van der Waals surface area contributed by atoms with E-state index in [1.165, 1.54) is 0 Å². The molecule has 6 nitrogen and oxygen atoms in total. The van der Waals surface area contributed by atoms with E-state index in [2.05, 4.69) is 0 Å². The summed E-state index contributed by atoms with van der Waals surface area (Å²) in [6, 6.07) is 7.34. The predicted molar refractivity (Wildman–Crippen MR) is 84.6 cm³/mol. The van der Waals surface area contributed by atoms with Crippen LogP contribution in [-0.4, -0.2) is 54.3 Å². The Morgan fingerprint density at radius 1 is 1.26 bits per heavy atom. The van der Waals surface area contributed by atoms with Gasteiger partial charge in [0, 0.05) is 6.54 Å². The molecule has 2 atom stereocenters. The average Bonchev–Trinajstić information content (AvgIpc) is 2.53. The summed E-state index contributed by atoms with van der Waals surface area (Å²) in [5.41, 5.74) is 0.0983. The number of methoxy groups -OCH3 is 1. The van der Waals surface area contributed by atoms with Gasteiger partial charge in [0.15, 0.2) is 6.10 Å². The number of benzene rings is 1. The Balaban J connectivity index is 2.20. The zero-order valence-corrected chi connectivity index (χ0v) is 13.9. The van der Waals surface area contributed by atoms with Crippen LogP contribution < -0.4 is 4.74 Å². The van der Waals surface area contributed by atoms with E-state index in [0.717, 1.165) is 11.3 Å². The first-order valence-electron chi connectivity index (χ1n) is 7.58. The molecule has 23 heavy (non-hydrogen) atoms. The lowest BCUT2D eigenvalue weighted by Crippen LogP contribution is -2.55. The van der Waals surface area contributed by atoms with E-state index in [-0.39, 0.29) is 18.6 Å². The average molecular weight is 321 g/mol. The summed E-state index contributed by atoms with van der Waals surface area (Å²) in [7, 11) is 1.59. The summed E-state index contributed by atoms with van der Waals surface area (Å²) < 4.78 is 10.5. The number of amides is 1. The van der Waals surface area contributed by atoms with Gasteiger partial charge in [0.25, 0.3) is 0 Å². The summed E-state index contributed by atoms with van der Waals surface area (Å²) >= 11 is 0. The Morgan fingerprint density at radius 3 is 2.39 bits per heavy atom. The second kappa shape index (κ2) is 6.58. The van der Waals surface area contributed by atoms with Crippen LogP contribution in [0.4, 0.5) is 0 Å². The van der Waals surface area contributed by atoms with Gasteiger partial charge in [-0.2, -0.15) is 0 Å². The zero-order chi connectivity index (χ0) is 17.2. The molecule has 0 spiro atoms. The second-order valence-corrected chi connectivity index (χ2v) is 6.34. The molecule has 1 unspecified atom stereocenters. The Hall–Kier alpha value is -2.08. The van der Waals surface area contributed by atoms with Gasteiger partial charge in [-0.05, 0) is 38.5 Å². The summed E-state index contributed by atoms with van der Waals surface area (Å²) in [4.78, 5) is 25.7. The summed E-state index contributed by atoms with van der Waals surface area (Å²) in [5, 5.41) is 9.16. The molecule has 1 saturated heterocycles. The van der Waals surface area contributed by atoms with Gasteiger partial charge in [-0.15, -0.1) is 0 Å². The fourth-order valence-electron chi connectivity index (χ4n) is 2.78. The number of carboxylic acid groups (broad SMARTS) is 1. The monoisotopic (exact) mass is 321 g/mol. The molecule has 0 bridgehead atoms. The second-order valence-electron chi connectivity index (χ2n) is 6.34. The van der Waals surface area contributed by atoms with Gasteiger partial charge in [0.1, 0.15) is 5.75 Å². The minimum atomic E-state index is -1.04. The van der Waals surface area contributed by atoms with Crippen molar-refractivity contribution in [2.24, 2.45) is 0 Å². The predicted octanol–water partition coefficient (Wildman–Crippen LogP) is 1.67. The molecule has 0 saturated carbocycles. The molecule has 1 fully saturated rings. The van der Waals surface area contributed by atoms with E-state index in [1.54, 1.807) is 18.9 Å². The van der Waals surface area contributed by atoms with Gasteiger partial charge in [-0.1, -0.05) is 12.1 Å². The molecule has 0 radical (unpaired) electrons. The zero-order valence-electron chi connectivity index (χ0n) is 13.9. The minimum Gasteiger partial charge on any atom is -0.497 e. The molecule has 1 aromatic rings. The molecule has 0 aliphatic carbocycles. The van der Waals surface area contributed by atoms with Crippen LogP contribution in [0, 0.1) is 0 Å². The molecule has 2 rings (SSSR count). The number of morpholine rings is 1. The Labute approximate surface area is 136 Å². The minimum absolute atomic E-state index is 0.0676. The number of nitrogens with zero attached hydrogens (tertiary/aromatic N) is 1. The van der Waals surface area contributed by atoms with Crippen LogP contribution >= 0.6 is 0 Å². The van der Waals surface area contributed by atoms with Crippen molar-refractivity contribution in [3.8, 4) is 5.75 Å². The largest absolute Gasteiger partial charge is 0.497 e. The van der Waals surface area contributed by atoms with Crippen LogP contribution in [0.1, 0.15) is 26.3 Å². The van der Waals surface area contributed by atoms with Crippen molar-refractivity contribution in [3.63, 3.8) is 0 Å². The standard InChI is InChI=1S/C17H23NO5/c1-11-9-18(10-14(23-11)15(19)20)16(21)17(2,3)12-5-7-13(22-4)8-6-12/h5-8,11,14H,9-10H2,1-4H3,(H,19,20)/t11-,14?/m1/s1. The maximum atomic E-state index is 12.9. The smallest absolute Gasteiger partial charge is 0.334 e. The van der Waals surface area contributed by atoms with Crippen molar-refractivity contribution in [1.82, 2.24) is 4.90 Å². The first-order chi connectivity index (χ1) is 10.8. The maximum absolute atomic E-state index is 12.9. The Kier molecular flexibility index (Phi) is 4.94. The number of carboxylic acids is 1. The van der Waals surface area contributed by atoms with Gasteiger partial charge < -0.3 is 19.5 Å². The quantitative estimate of drug-likeness (QED) is 0.913. The number of aliphatic carboxylic acids is 1. The number of carbonyl (C=O) groups is 2. The van der Waals surface area contributed by atoms with Crippen LogP contribution in [0.15, 0.2) is 24.3 Å². The van der Waals surface area contributed by atoms with E-state index in [1.807, 2.05) is 38.1 Å². The summed E-state index contributed by atoms with van der Waals surface area (Å²) in [5.74, 6) is -0.427. The lowest BCUT2D eigenvalue weighted by Gasteiger charge is -2.39. The molecule has 1 heterocycles. The molecule has 126 valence electrons. The highest BCUT2D eigenvalue weighted by atomic mass is 16.5. The lowest BCUT2D eigenvalue weighted by atomic mass is 9.83. The molecule has 6 heteroatoms. The first kappa shape index (κ1) is 17.3. The van der Waals surface area contributed by atoms with Crippen molar-refractivity contribution >= 4 is 11.9 Å². The lowest BCUT2D eigenvalue weighted by molar-refractivity contribution is -0.168. The van der Waals surface area contributed by atoms with Gasteiger partial charge in [0.2, 0.25) is 5.91 Å². The van der Waals surface area contributed by atoms with Gasteiger partial charge >= 0.3 is 5.97 Å². The molecular weight excluding hydrogens is 298 g/mol. The fraction of sp³-hybridized carbons (Fsp3) is 0.529.